The number of ether oxygens (including phenoxy) is 1. The van der Waals surface area contributed by atoms with Gasteiger partial charge in [-0.25, -0.2) is 0 Å². The van der Waals surface area contributed by atoms with Crippen LogP contribution in [0.3, 0.4) is 0 Å². The number of carbonyl (C=O) groups excluding carboxylic acids is 1. The molecule has 16 heavy (non-hydrogen) atoms. The first-order valence-corrected chi connectivity index (χ1v) is 6.38. The van der Waals surface area contributed by atoms with Crippen molar-refractivity contribution < 1.29 is 9.53 Å². The number of hydrogen-bond acceptors (Lipinski definition) is 3. The molecule has 0 aromatic rings. The van der Waals surface area contributed by atoms with E-state index in [0.717, 1.165) is 19.4 Å². The summed E-state index contributed by atoms with van der Waals surface area (Å²) in [6.07, 6.45) is 4.54. The highest BCUT2D eigenvalue weighted by Crippen LogP contribution is 2.38. The predicted octanol–water partition coefficient (Wildman–Crippen LogP) is 0.655. The maximum absolute atomic E-state index is 11.9. The lowest BCUT2D eigenvalue weighted by Crippen LogP contribution is -2.45. The van der Waals surface area contributed by atoms with Gasteiger partial charge in [0.05, 0.1) is 12.1 Å². The first kappa shape index (κ1) is 11.9. The molecule has 92 valence electrons. The Morgan fingerprint density at radius 3 is 2.81 bits per heavy atom. The van der Waals surface area contributed by atoms with Gasteiger partial charge in [-0.05, 0) is 31.6 Å². The standard InChI is InChI=1S/C12H22N2O2/c1-2-8(7-13)12(15)14-10-5-6-16-11(10)9-3-4-9/h8-11H,2-7,13H2,1H3,(H,14,15). The van der Waals surface area contributed by atoms with Crippen molar-refractivity contribution in [3.63, 3.8) is 0 Å². The van der Waals surface area contributed by atoms with Crippen molar-refractivity contribution in [2.45, 2.75) is 44.8 Å². The van der Waals surface area contributed by atoms with Gasteiger partial charge in [-0.2, -0.15) is 0 Å². The summed E-state index contributed by atoms with van der Waals surface area (Å²) in [5.74, 6) is 0.748. The van der Waals surface area contributed by atoms with Crippen molar-refractivity contribution in [3.05, 3.63) is 0 Å². The summed E-state index contributed by atoms with van der Waals surface area (Å²) in [5.41, 5.74) is 5.57. The smallest absolute Gasteiger partial charge is 0.224 e. The van der Waals surface area contributed by atoms with Gasteiger partial charge in [-0.1, -0.05) is 6.92 Å². The SMILES string of the molecule is CCC(CN)C(=O)NC1CCOC1C1CC1. The molecule has 2 aliphatic rings. The zero-order valence-electron chi connectivity index (χ0n) is 9.95. The first-order valence-electron chi connectivity index (χ1n) is 6.38. The molecule has 3 N–H and O–H groups in total. The third-order valence-electron chi connectivity index (χ3n) is 3.70. The van der Waals surface area contributed by atoms with Crippen molar-refractivity contribution in [1.82, 2.24) is 5.32 Å². The summed E-state index contributed by atoms with van der Waals surface area (Å²) >= 11 is 0. The van der Waals surface area contributed by atoms with Crippen LogP contribution in [-0.4, -0.2) is 31.2 Å². The molecule has 1 saturated heterocycles. The van der Waals surface area contributed by atoms with E-state index in [4.69, 9.17) is 10.5 Å². The second-order valence-corrected chi connectivity index (χ2v) is 4.92. The molecule has 3 atom stereocenters. The fourth-order valence-electron chi connectivity index (χ4n) is 2.41. The largest absolute Gasteiger partial charge is 0.376 e. The van der Waals surface area contributed by atoms with E-state index in [9.17, 15) is 4.79 Å². The fraction of sp³-hybridized carbons (Fsp3) is 0.917. The Bertz CT molecular complexity index is 249. The molecule has 2 fully saturated rings. The van der Waals surface area contributed by atoms with E-state index in [0.29, 0.717) is 12.5 Å². The Hall–Kier alpha value is -0.610. The van der Waals surface area contributed by atoms with Crippen LogP contribution in [0.15, 0.2) is 0 Å². The molecule has 1 aliphatic carbocycles. The van der Waals surface area contributed by atoms with Crippen molar-refractivity contribution in [1.29, 1.82) is 0 Å². The summed E-state index contributed by atoms with van der Waals surface area (Å²) in [6, 6.07) is 0.223. The molecule has 4 nitrogen and oxygen atoms in total. The molecule has 0 bridgehead atoms. The molecule has 1 amide bonds. The molecule has 0 aromatic heterocycles. The molecule has 1 aliphatic heterocycles. The van der Waals surface area contributed by atoms with Crippen LogP contribution in [0.4, 0.5) is 0 Å². The van der Waals surface area contributed by atoms with Gasteiger partial charge in [0, 0.05) is 19.1 Å². The molecular weight excluding hydrogens is 204 g/mol. The van der Waals surface area contributed by atoms with Gasteiger partial charge in [-0.15, -0.1) is 0 Å². The van der Waals surface area contributed by atoms with Gasteiger partial charge >= 0.3 is 0 Å². The number of carbonyl (C=O) groups is 1. The summed E-state index contributed by atoms with van der Waals surface area (Å²) in [7, 11) is 0. The van der Waals surface area contributed by atoms with Crippen LogP contribution in [0.2, 0.25) is 0 Å². The highest BCUT2D eigenvalue weighted by atomic mass is 16.5. The summed E-state index contributed by atoms with van der Waals surface area (Å²) in [5, 5.41) is 3.11. The van der Waals surface area contributed by atoms with Crippen LogP contribution < -0.4 is 11.1 Å². The third-order valence-corrected chi connectivity index (χ3v) is 3.70. The van der Waals surface area contributed by atoms with Gasteiger partial charge in [0.25, 0.3) is 0 Å². The monoisotopic (exact) mass is 226 g/mol. The van der Waals surface area contributed by atoms with Crippen molar-refractivity contribution in [2.75, 3.05) is 13.2 Å². The van der Waals surface area contributed by atoms with E-state index >= 15 is 0 Å². The molecule has 3 unspecified atom stereocenters. The Labute approximate surface area is 96.9 Å². The average Bonchev–Trinajstić information content (AvgIpc) is 3.02. The molecule has 0 spiro atoms. The second kappa shape index (κ2) is 5.15. The topological polar surface area (TPSA) is 64.4 Å². The average molecular weight is 226 g/mol. The second-order valence-electron chi connectivity index (χ2n) is 4.92. The Morgan fingerprint density at radius 1 is 1.50 bits per heavy atom. The Morgan fingerprint density at radius 2 is 2.25 bits per heavy atom. The lowest BCUT2D eigenvalue weighted by Gasteiger charge is -2.22. The van der Waals surface area contributed by atoms with Crippen molar-refractivity contribution >= 4 is 5.91 Å². The van der Waals surface area contributed by atoms with Gasteiger partial charge in [0.15, 0.2) is 0 Å². The quantitative estimate of drug-likeness (QED) is 0.723. The first-order chi connectivity index (χ1) is 7.76. The van der Waals surface area contributed by atoms with Crippen LogP contribution in [0.5, 0.6) is 0 Å². The third kappa shape index (κ3) is 2.55. The predicted molar refractivity (Wildman–Crippen MR) is 61.8 cm³/mol. The number of nitrogens with one attached hydrogen (secondary N) is 1. The maximum atomic E-state index is 11.9. The van der Waals surface area contributed by atoms with Crippen LogP contribution in [0, 0.1) is 11.8 Å². The lowest BCUT2D eigenvalue weighted by molar-refractivity contribution is -0.126. The van der Waals surface area contributed by atoms with Crippen molar-refractivity contribution in [3.8, 4) is 0 Å². The number of nitrogens with two attached hydrogens (primary N) is 1. The lowest BCUT2D eigenvalue weighted by atomic mass is 10.0. The van der Waals surface area contributed by atoms with Crippen LogP contribution in [-0.2, 0) is 9.53 Å². The molecule has 1 saturated carbocycles. The van der Waals surface area contributed by atoms with Crippen molar-refractivity contribution in [2.24, 2.45) is 17.6 Å². The van der Waals surface area contributed by atoms with E-state index in [-0.39, 0.29) is 24.0 Å². The van der Waals surface area contributed by atoms with Gasteiger partial charge in [0.1, 0.15) is 0 Å². The minimum Gasteiger partial charge on any atom is -0.376 e. The number of hydrogen-bond donors (Lipinski definition) is 2. The zero-order valence-corrected chi connectivity index (χ0v) is 9.95. The van der Waals surface area contributed by atoms with Crippen LogP contribution >= 0.6 is 0 Å². The van der Waals surface area contributed by atoms with Gasteiger partial charge in [-0.3, -0.25) is 4.79 Å². The van der Waals surface area contributed by atoms with Crippen LogP contribution in [0.1, 0.15) is 32.6 Å². The summed E-state index contributed by atoms with van der Waals surface area (Å²) in [6.45, 7) is 3.22. The van der Waals surface area contributed by atoms with Crippen LogP contribution in [0.25, 0.3) is 0 Å². The minimum atomic E-state index is -0.0412. The van der Waals surface area contributed by atoms with E-state index in [1.807, 2.05) is 6.92 Å². The van der Waals surface area contributed by atoms with Gasteiger partial charge < -0.3 is 15.8 Å². The van der Waals surface area contributed by atoms with E-state index in [1.165, 1.54) is 12.8 Å². The molecule has 4 heteroatoms. The van der Waals surface area contributed by atoms with E-state index in [1.54, 1.807) is 0 Å². The fourth-order valence-corrected chi connectivity index (χ4v) is 2.41. The Balaban J connectivity index is 1.85. The zero-order chi connectivity index (χ0) is 11.5. The molecule has 0 aromatic carbocycles. The highest BCUT2D eigenvalue weighted by Gasteiger charge is 2.41. The van der Waals surface area contributed by atoms with E-state index < -0.39 is 0 Å². The number of rotatable bonds is 5. The normalized spacial score (nSPS) is 31.4. The summed E-state index contributed by atoms with van der Waals surface area (Å²) < 4.78 is 5.69. The summed E-state index contributed by atoms with van der Waals surface area (Å²) in [4.78, 5) is 11.9. The maximum Gasteiger partial charge on any atom is 0.224 e. The molecule has 0 radical (unpaired) electrons. The molecular formula is C12H22N2O2. The Kier molecular flexibility index (Phi) is 3.82. The number of amides is 1. The highest BCUT2D eigenvalue weighted by molar-refractivity contribution is 5.79. The molecule has 2 rings (SSSR count). The van der Waals surface area contributed by atoms with E-state index in [2.05, 4.69) is 5.32 Å². The minimum absolute atomic E-state index is 0.0412. The van der Waals surface area contributed by atoms with Gasteiger partial charge in [0.2, 0.25) is 5.91 Å². The molecule has 1 heterocycles.